The smallest absolute Gasteiger partial charge is 0.255 e. The fourth-order valence-corrected chi connectivity index (χ4v) is 9.20. The van der Waals surface area contributed by atoms with Crippen LogP contribution in [0.3, 0.4) is 0 Å². The van der Waals surface area contributed by atoms with E-state index in [9.17, 15) is 31.2 Å². The van der Waals surface area contributed by atoms with E-state index in [-0.39, 0.29) is 40.6 Å². The van der Waals surface area contributed by atoms with Crippen LogP contribution in [0.4, 0.5) is 13.2 Å². The average molecular weight is 773 g/mol. The largest absolute Gasteiger partial charge is 0.339 e. The lowest BCUT2D eigenvalue weighted by molar-refractivity contribution is -0.133. The second-order valence-electron chi connectivity index (χ2n) is 15.2. The number of amides is 2. The highest BCUT2D eigenvalue weighted by Gasteiger charge is 2.39. The number of nitrogens with zero attached hydrogens (tertiary/aromatic N) is 3. The lowest BCUT2D eigenvalue weighted by Gasteiger charge is -2.44. The number of hydrogen-bond donors (Lipinski definition) is 1. The number of carbonyl (C=O) groups excluding carboxylic acids is 2. The maximum Gasteiger partial charge on any atom is 0.255 e. The lowest BCUT2D eigenvalue weighted by atomic mass is 9.70. The van der Waals surface area contributed by atoms with Gasteiger partial charge in [0.15, 0.2) is 0 Å². The first-order chi connectivity index (χ1) is 25.0. The van der Waals surface area contributed by atoms with Gasteiger partial charge in [-0.25, -0.2) is 26.3 Å². The normalized spacial score (nSPS) is 17.1. The van der Waals surface area contributed by atoms with Crippen molar-refractivity contribution in [3.63, 3.8) is 0 Å². The predicted octanol–water partition coefficient (Wildman–Crippen LogP) is 7.12. The fourth-order valence-electron chi connectivity index (χ4n) is 7.47. The van der Waals surface area contributed by atoms with E-state index in [2.05, 4.69) is 16.2 Å². The molecule has 3 aromatic rings. The summed E-state index contributed by atoms with van der Waals surface area (Å²) < 4.78 is 71.3. The molecule has 0 aromatic heterocycles. The van der Waals surface area contributed by atoms with E-state index in [0.29, 0.717) is 38.9 Å². The van der Waals surface area contributed by atoms with Crippen molar-refractivity contribution in [1.29, 1.82) is 0 Å². The summed E-state index contributed by atoms with van der Waals surface area (Å²) in [5.41, 5.74) is 0.183. The third-order valence-corrected chi connectivity index (χ3v) is 12.3. The van der Waals surface area contributed by atoms with Gasteiger partial charge in [0.2, 0.25) is 15.9 Å². The summed E-state index contributed by atoms with van der Waals surface area (Å²) in [7, 11) is -4.29. The Balaban J connectivity index is 1.25. The molecule has 2 heterocycles. The third kappa shape index (κ3) is 10.1. The number of nitrogens with one attached hydrogen (secondary N) is 1. The number of halogens is 4. The summed E-state index contributed by atoms with van der Waals surface area (Å²) in [5, 5.41) is -0.184. The van der Waals surface area contributed by atoms with Crippen molar-refractivity contribution in [2.75, 3.05) is 39.3 Å². The Kier molecular flexibility index (Phi) is 12.8. The quantitative estimate of drug-likeness (QED) is 0.198. The van der Waals surface area contributed by atoms with Gasteiger partial charge in [-0.15, -0.1) is 6.58 Å². The molecule has 13 heteroatoms. The molecule has 8 nitrogen and oxygen atoms in total. The van der Waals surface area contributed by atoms with Gasteiger partial charge in [0.1, 0.15) is 22.3 Å². The first-order valence-electron chi connectivity index (χ1n) is 18.0. The summed E-state index contributed by atoms with van der Waals surface area (Å²) in [6.45, 7) is 12.0. The molecule has 2 aliphatic heterocycles. The van der Waals surface area contributed by atoms with Gasteiger partial charge >= 0.3 is 0 Å². The molecule has 2 saturated heterocycles. The van der Waals surface area contributed by atoms with Gasteiger partial charge in [0.25, 0.3) is 5.91 Å². The van der Waals surface area contributed by atoms with E-state index in [4.69, 9.17) is 11.6 Å². The van der Waals surface area contributed by atoms with Crippen LogP contribution in [0.1, 0.15) is 74.4 Å². The Morgan fingerprint density at radius 1 is 0.981 bits per heavy atom. The van der Waals surface area contributed by atoms with E-state index in [0.717, 1.165) is 55.7 Å². The van der Waals surface area contributed by atoms with Crippen LogP contribution in [0.2, 0.25) is 5.02 Å². The highest BCUT2D eigenvalue weighted by molar-refractivity contribution is 7.89. The highest BCUT2D eigenvalue weighted by Crippen LogP contribution is 2.40. The van der Waals surface area contributed by atoms with Crippen molar-refractivity contribution in [1.82, 2.24) is 19.4 Å². The van der Waals surface area contributed by atoms with Gasteiger partial charge in [-0.2, -0.15) is 0 Å². The summed E-state index contributed by atoms with van der Waals surface area (Å²) in [5.74, 6) is -2.27. The summed E-state index contributed by atoms with van der Waals surface area (Å²) in [4.78, 5) is 32.2. The molecule has 0 spiro atoms. The van der Waals surface area contributed by atoms with Gasteiger partial charge in [0, 0.05) is 44.3 Å². The second-order valence-corrected chi connectivity index (χ2v) is 17.2. The number of benzene rings is 3. The molecule has 0 saturated carbocycles. The molecule has 0 unspecified atom stereocenters. The number of likely N-dealkylation sites (tertiary alicyclic amines) is 2. The molecule has 2 aliphatic rings. The zero-order valence-corrected chi connectivity index (χ0v) is 32.1. The van der Waals surface area contributed by atoms with Crippen LogP contribution in [0.5, 0.6) is 0 Å². The van der Waals surface area contributed by atoms with Gasteiger partial charge in [-0.1, -0.05) is 41.9 Å². The molecule has 0 aliphatic carbocycles. The monoisotopic (exact) mass is 772 g/mol. The highest BCUT2D eigenvalue weighted by atomic mass is 35.5. The topological polar surface area (TPSA) is 90.0 Å². The number of carbonyl (C=O) groups is 2. The molecule has 0 radical (unpaired) electrons. The van der Waals surface area contributed by atoms with E-state index >= 15 is 0 Å². The zero-order valence-electron chi connectivity index (χ0n) is 30.5. The van der Waals surface area contributed by atoms with E-state index < -0.39 is 37.6 Å². The van der Waals surface area contributed by atoms with Crippen LogP contribution < -0.4 is 4.72 Å². The zero-order chi connectivity index (χ0) is 38.6. The van der Waals surface area contributed by atoms with Crippen molar-refractivity contribution in [3.05, 3.63) is 112 Å². The molecule has 0 bridgehead atoms. The van der Waals surface area contributed by atoms with Crippen molar-refractivity contribution in [2.45, 2.75) is 81.2 Å². The number of piperidine rings is 2. The fraction of sp³-hybridized carbons (Fsp3) is 0.450. The molecule has 2 amide bonds. The van der Waals surface area contributed by atoms with E-state index in [1.807, 2.05) is 11.0 Å². The van der Waals surface area contributed by atoms with Crippen LogP contribution in [-0.4, -0.2) is 85.8 Å². The summed E-state index contributed by atoms with van der Waals surface area (Å²) in [6, 6.07) is 14.4. The van der Waals surface area contributed by atoms with Crippen LogP contribution in [0, 0.1) is 17.5 Å². The number of rotatable bonds is 12. The van der Waals surface area contributed by atoms with Crippen LogP contribution in [-0.2, 0) is 26.7 Å². The Morgan fingerprint density at radius 2 is 1.64 bits per heavy atom. The SMILES string of the molecule is C=CCN(C(=O)Cc1ccc(F)cc1)C1CCN(CCC2(c3cccc(F)c3)CCN(C(=O)c3cc(S(=O)(=O)NC(C)(C)C)c(F)cc3Cl)CC2)CC1. The number of sulfonamides is 1. The van der Waals surface area contributed by atoms with Crippen LogP contribution >= 0.6 is 11.6 Å². The Hall–Kier alpha value is -3.71. The van der Waals surface area contributed by atoms with Crippen molar-refractivity contribution < 1.29 is 31.2 Å². The van der Waals surface area contributed by atoms with E-state index in [1.54, 1.807) is 56.0 Å². The van der Waals surface area contributed by atoms with Crippen molar-refractivity contribution >= 4 is 33.4 Å². The Morgan fingerprint density at radius 3 is 2.25 bits per heavy atom. The standard InChI is InChI=1S/C40H48ClF3N4O4S/c1-5-18-48(37(49)24-28-9-11-30(42)12-10-28)32-13-19-46(20-14-32)21-15-40(29-7-6-8-31(43)25-29)16-22-47(23-17-40)38(50)33-26-36(35(44)27-34(33)41)53(51,52)45-39(2,3)4/h5-12,25-27,32,45H,1,13-24H2,2-4H3. The molecule has 2 fully saturated rings. The van der Waals surface area contributed by atoms with Gasteiger partial charge in [-0.3, -0.25) is 9.59 Å². The third-order valence-electron chi connectivity index (χ3n) is 10.2. The van der Waals surface area contributed by atoms with E-state index in [1.165, 1.54) is 18.2 Å². The van der Waals surface area contributed by atoms with Crippen LogP contribution in [0.15, 0.2) is 78.2 Å². The average Bonchev–Trinajstić information content (AvgIpc) is 3.10. The minimum atomic E-state index is -4.29. The van der Waals surface area contributed by atoms with Gasteiger partial charge < -0.3 is 14.7 Å². The molecule has 0 atom stereocenters. The molecular formula is C40H48ClF3N4O4S. The van der Waals surface area contributed by atoms with Crippen LogP contribution in [0.25, 0.3) is 0 Å². The number of hydrogen-bond acceptors (Lipinski definition) is 5. The first kappa shape index (κ1) is 40.5. The second kappa shape index (κ2) is 16.8. The van der Waals surface area contributed by atoms with Gasteiger partial charge in [0.05, 0.1) is 17.0 Å². The molecule has 53 heavy (non-hydrogen) atoms. The van der Waals surface area contributed by atoms with Crippen molar-refractivity contribution in [2.24, 2.45) is 0 Å². The maximum absolute atomic E-state index is 14.9. The Labute approximate surface area is 316 Å². The summed E-state index contributed by atoms with van der Waals surface area (Å²) in [6.07, 6.45) is 5.23. The molecule has 1 N–H and O–H groups in total. The summed E-state index contributed by atoms with van der Waals surface area (Å²) >= 11 is 6.32. The molecule has 5 rings (SSSR count). The molecule has 3 aromatic carbocycles. The minimum absolute atomic E-state index is 0.0253. The van der Waals surface area contributed by atoms with Crippen molar-refractivity contribution in [3.8, 4) is 0 Å². The molecule has 286 valence electrons. The molecular weight excluding hydrogens is 725 g/mol. The minimum Gasteiger partial charge on any atom is -0.339 e. The Bertz CT molecular complexity index is 1900. The maximum atomic E-state index is 14.9. The van der Waals surface area contributed by atoms with Gasteiger partial charge in [-0.05, 0) is 112 Å². The lowest BCUT2D eigenvalue weighted by Crippen LogP contribution is -2.49. The first-order valence-corrected chi connectivity index (χ1v) is 19.8. The predicted molar refractivity (Wildman–Crippen MR) is 201 cm³/mol.